The third-order valence-corrected chi connectivity index (χ3v) is 3.29. The summed E-state index contributed by atoms with van der Waals surface area (Å²) < 4.78 is 5.64. The van der Waals surface area contributed by atoms with Crippen LogP contribution in [-0.2, 0) is 0 Å². The van der Waals surface area contributed by atoms with Crippen molar-refractivity contribution in [2.75, 3.05) is 32.8 Å². The maximum Gasteiger partial charge on any atom is 0.124 e. The molecule has 1 aliphatic heterocycles. The first-order chi connectivity index (χ1) is 9.35. The maximum atomic E-state index is 9.45. The Morgan fingerprint density at radius 1 is 1.42 bits per heavy atom. The van der Waals surface area contributed by atoms with Gasteiger partial charge in [0.2, 0.25) is 0 Å². The van der Waals surface area contributed by atoms with Crippen LogP contribution >= 0.6 is 0 Å². The molecule has 0 spiro atoms. The number of hydrogen-bond donors (Lipinski definition) is 1. The van der Waals surface area contributed by atoms with E-state index in [1.165, 1.54) is 0 Å². The fourth-order valence-corrected chi connectivity index (χ4v) is 2.30. The Morgan fingerprint density at radius 3 is 2.89 bits per heavy atom. The van der Waals surface area contributed by atoms with Crippen LogP contribution < -0.4 is 10.1 Å². The summed E-state index contributed by atoms with van der Waals surface area (Å²) in [5.41, 5.74) is 1.03. The van der Waals surface area contributed by atoms with Crippen LogP contribution in [0.15, 0.2) is 24.3 Å². The molecular formula is C15H21N3O. The normalized spacial score (nSPS) is 17.7. The van der Waals surface area contributed by atoms with Gasteiger partial charge in [-0.05, 0) is 24.1 Å². The fourth-order valence-electron chi connectivity index (χ4n) is 2.30. The molecule has 1 heterocycles. The summed E-state index contributed by atoms with van der Waals surface area (Å²) in [4.78, 5) is 2.22. The molecule has 1 aliphatic rings. The number of nitriles is 1. The monoisotopic (exact) mass is 259 g/mol. The molecule has 0 aliphatic carbocycles. The van der Waals surface area contributed by atoms with Gasteiger partial charge in [0.15, 0.2) is 0 Å². The summed E-state index contributed by atoms with van der Waals surface area (Å²) in [6, 6.07) is 10.2. The molecule has 1 unspecified atom stereocenters. The molecule has 1 atom stereocenters. The zero-order chi connectivity index (χ0) is 13.5. The molecule has 0 amide bonds. The first-order valence-electron chi connectivity index (χ1n) is 6.92. The van der Waals surface area contributed by atoms with Crippen molar-refractivity contribution in [3.63, 3.8) is 0 Å². The highest BCUT2D eigenvalue weighted by atomic mass is 16.5. The zero-order valence-corrected chi connectivity index (χ0v) is 11.4. The molecule has 4 nitrogen and oxygen atoms in total. The van der Waals surface area contributed by atoms with Crippen LogP contribution in [0.2, 0.25) is 0 Å². The van der Waals surface area contributed by atoms with Crippen LogP contribution in [0.25, 0.3) is 0 Å². The van der Waals surface area contributed by atoms with Crippen molar-refractivity contribution in [1.29, 1.82) is 5.26 Å². The molecule has 1 aromatic rings. The van der Waals surface area contributed by atoms with Gasteiger partial charge in [0.25, 0.3) is 0 Å². The third kappa shape index (κ3) is 3.69. The quantitative estimate of drug-likeness (QED) is 0.878. The van der Waals surface area contributed by atoms with E-state index in [2.05, 4.69) is 23.2 Å². The Labute approximate surface area is 115 Å². The highest BCUT2D eigenvalue weighted by Crippen LogP contribution is 2.24. The lowest BCUT2D eigenvalue weighted by molar-refractivity contribution is 0.207. The Hall–Kier alpha value is -1.57. The molecular weight excluding hydrogens is 238 g/mol. The van der Waals surface area contributed by atoms with Crippen molar-refractivity contribution < 1.29 is 4.74 Å². The number of piperazine rings is 1. The number of nitrogens with zero attached hydrogens (tertiary/aromatic N) is 2. The Bertz CT molecular complexity index is 435. The molecule has 1 saturated heterocycles. The number of rotatable bonds is 5. The zero-order valence-electron chi connectivity index (χ0n) is 11.4. The second-order valence-corrected chi connectivity index (χ2v) is 4.74. The molecule has 1 aromatic carbocycles. The van der Waals surface area contributed by atoms with E-state index < -0.39 is 0 Å². The van der Waals surface area contributed by atoms with Gasteiger partial charge in [-0.15, -0.1) is 0 Å². The topological polar surface area (TPSA) is 48.3 Å². The summed E-state index contributed by atoms with van der Waals surface area (Å²) in [6.07, 6.45) is 0.990. The minimum Gasteiger partial charge on any atom is -0.494 e. The van der Waals surface area contributed by atoms with Crippen LogP contribution in [-0.4, -0.2) is 37.7 Å². The predicted molar refractivity (Wildman–Crippen MR) is 75.0 cm³/mol. The lowest BCUT2D eigenvalue weighted by atomic mass is 10.1. The lowest BCUT2D eigenvalue weighted by Gasteiger charge is -2.31. The van der Waals surface area contributed by atoms with Gasteiger partial charge in [-0.2, -0.15) is 5.26 Å². The van der Waals surface area contributed by atoms with Gasteiger partial charge in [0.1, 0.15) is 11.8 Å². The maximum absolute atomic E-state index is 9.45. The number of ether oxygens (including phenoxy) is 1. The van der Waals surface area contributed by atoms with E-state index in [0.29, 0.717) is 6.61 Å². The van der Waals surface area contributed by atoms with Crippen molar-refractivity contribution in [1.82, 2.24) is 10.2 Å². The Balaban J connectivity index is 2.11. The van der Waals surface area contributed by atoms with Crippen LogP contribution in [0.4, 0.5) is 0 Å². The van der Waals surface area contributed by atoms with Crippen molar-refractivity contribution >= 4 is 0 Å². The van der Waals surface area contributed by atoms with Gasteiger partial charge >= 0.3 is 0 Å². The van der Waals surface area contributed by atoms with E-state index in [1.807, 2.05) is 24.3 Å². The van der Waals surface area contributed by atoms with E-state index in [-0.39, 0.29) is 6.04 Å². The third-order valence-electron chi connectivity index (χ3n) is 3.29. The molecule has 1 fully saturated rings. The highest BCUT2D eigenvalue weighted by molar-refractivity contribution is 5.33. The van der Waals surface area contributed by atoms with Gasteiger partial charge in [-0.25, -0.2) is 0 Å². The molecule has 0 bridgehead atoms. The van der Waals surface area contributed by atoms with E-state index >= 15 is 0 Å². The second-order valence-electron chi connectivity index (χ2n) is 4.74. The standard InChI is InChI=1S/C15H21N3O/c1-2-10-19-14-5-3-4-13(11-14)15(12-16)18-8-6-17-7-9-18/h3-5,11,15,17H,2,6-10H2,1H3. The van der Waals surface area contributed by atoms with Gasteiger partial charge < -0.3 is 10.1 Å². The molecule has 4 heteroatoms. The van der Waals surface area contributed by atoms with E-state index in [1.54, 1.807) is 0 Å². The molecule has 1 N–H and O–H groups in total. The van der Waals surface area contributed by atoms with Gasteiger partial charge in [0.05, 0.1) is 12.7 Å². The number of benzene rings is 1. The molecule has 0 saturated carbocycles. The smallest absolute Gasteiger partial charge is 0.124 e. The van der Waals surface area contributed by atoms with E-state index in [9.17, 15) is 5.26 Å². The van der Waals surface area contributed by atoms with E-state index in [4.69, 9.17) is 4.74 Å². The number of hydrogen-bond acceptors (Lipinski definition) is 4. The van der Waals surface area contributed by atoms with Crippen molar-refractivity contribution in [3.8, 4) is 11.8 Å². The SMILES string of the molecule is CCCOc1cccc(C(C#N)N2CCNCC2)c1. The van der Waals surface area contributed by atoms with Crippen LogP contribution in [0.1, 0.15) is 24.9 Å². The van der Waals surface area contributed by atoms with Gasteiger partial charge in [-0.1, -0.05) is 19.1 Å². The summed E-state index contributed by atoms with van der Waals surface area (Å²) >= 11 is 0. The van der Waals surface area contributed by atoms with Crippen molar-refractivity contribution in [2.24, 2.45) is 0 Å². The average molecular weight is 259 g/mol. The summed E-state index contributed by atoms with van der Waals surface area (Å²) in [5.74, 6) is 0.856. The summed E-state index contributed by atoms with van der Waals surface area (Å²) in [6.45, 7) is 6.53. The minimum atomic E-state index is -0.174. The van der Waals surface area contributed by atoms with Crippen LogP contribution in [0, 0.1) is 11.3 Å². The van der Waals surface area contributed by atoms with Crippen LogP contribution in [0.3, 0.4) is 0 Å². The lowest BCUT2D eigenvalue weighted by Crippen LogP contribution is -2.44. The predicted octanol–water partition coefficient (Wildman–Crippen LogP) is 1.95. The van der Waals surface area contributed by atoms with Crippen molar-refractivity contribution in [2.45, 2.75) is 19.4 Å². The second kappa shape index (κ2) is 7.13. The Kier molecular flexibility index (Phi) is 5.20. The molecule has 102 valence electrons. The fraction of sp³-hybridized carbons (Fsp3) is 0.533. The van der Waals surface area contributed by atoms with Gasteiger partial charge in [-0.3, -0.25) is 4.90 Å². The molecule has 0 radical (unpaired) electrons. The Morgan fingerprint density at radius 2 is 2.21 bits per heavy atom. The largest absolute Gasteiger partial charge is 0.494 e. The van der Waals surface area contributed by atoms with E-state index in [0.717, 1.165) is 43.9 Å². The first kappa shape index (κ1) is 13.9. The molecule has 0 aromatic heterocycles. The first-order valence-corrected chi connectivity index (χ1v) is 6.92. The van der Waals surface area contributed by atoms with Gasteiger partial charge in [0, 0.05) is 26.2 Å². The summed E-state index contributed by atoms with van der Waals surface area (Å²) in [5, 5.41) is 12.8. The highest BCUT2D eigenvalue weighted by Gasteiger charge is 2.21. The average Bonchev–Trinajstić information content (AvgIpc) is 2.47. The molecule has 19 heavy (non-hydrogen) atoms. The minimum absolute atomic E-state index is 0.174. The summed E-state index contributed by atoms with van der Waals surface area (Å²) in [7, 11) is 0. The van der Waals surface area contributed by atoms with Crippen molar-refractivity contribution in [3.05, 3.63) is 29.8 Å². The number of nitrogens with one attached hydrogen (secondary N) is 1. The van der Waals surface area contributed by atoms with Crippen LogP contribution in [0.5, 0.6) is 5.75 Å². The molecule has 2 rings (SSSR count).